The molecule has 0 unspecified atom stereocenters. The van der Waals surface area contributed by atoms with Gasteiger partial charge < -0.3 is 5.32 Å². The number of rotatable bonds is 5. The van der Waals surface area contributed by atoms with E-state index in [0.717, 1.165) is 16.7 Å². The smallest absolute Gasteiger partial charge is 0.252 e. The van der Waals surface area contributed by atoms with E-state index in [9.17, 15) is 13.2 Å². The van der Waals surface area contributed by atoms with Crippen LogP contribution in [0.3, 0.4) is 0 Å². The molecule has 0 spiro atoms. The van der Waals surface area contributed by atoms with E-state index in [2.05, 4.69) is 11.0 Å². The number of benzene rings is 2. The van der Waals surface area contributed by atoms with Crippen molar-refractivity contribution >= 4 is 21.3 Å². The highest BCUT2D eigenvalue weighted by atomic mass is 32.2. The van der Waals surface area contributed by atoms with E-state index < -0.39 is 21.6 Å². The third-order valence-electron chi connectivity index (χ3n) is 3.44. The van der Waals surface area contributed by atoms with Gasteiger partial charge in [0.15, 0.2) is 9.84 Å². The second-order valence-electron chi connectivity index (χ2n) is 5.39. The third-order valence-corrected chi connectivity index (χ3v) is 4.96. The Morgan fingerprint density at radius 3 is 2.33 bits per heavy atom. The molecule has 0 atom stereocenters. The van der Waals surface area contributed by atoms with Crippen LogP contribution in [0.15, 0.2) is 71.3 Å². The summed E-state index contributed by atoms with van der Waals surface area (Å²) in [6.07, 6.45) is 1.22. The molecule has 0 aliphatic rings. The fourth-order valence-corrected chi connectivity index (χ4v) is 3.04. The lowest BCUT2D eigenvalue weighted by Gasteiger charge is -2.05. The molecule has 2 aromatic rings. The van der Waals surface area contributed by atoms with Crippen LogP contribution >= 0.6 is 0 Å². The van der Waals surface area contributed by atoms with Crippen LogP contribution in [-0.2, 0) is 14.6 Å². The average molecular weight is 341 g/mol. The Balaban J connectivity index is 2.02. The molecule has 124 valence electrons. The van der Waals surface area contributed by atoms with Gasteiger partial charge in [0.2, 0.25) is 0 Å². The maximum absolute atomic E-state index is 12.2. The van der Waals surface area contributed by atoms with E-state index in [1.807, 2.05) is 44.2 Å². The summed E-state index contributed by atoms with van der Waals surface area (Å²) in [4.78, 5) is 12.0. The zero-order chi connectivity index (χ0) is 17.6. The lowest BCUT2D eigenvalue weighted by Crippen LogP contribution is -2.28. The Labute approximate surface area is 142 Å². The summed E-state index contributed by atoms with van der Waals surface area (Å²) in [5, 5.41) is 2.38. The van der Waals surface area contributed by atoms with Crippen LogP contribution < -0.4 is 5.32 Å². The minimum Gasteiger partial charge on any atom is -0.338 e. The van der Waals surface area contributed by atoms with Crippen molar-refractivity contribution in [1.29, 1.82) is 0 Å². The largest absolute Gasteiger partial charge is 0.338 e. The van der Waals surface area contributed by atoms with Gasteiger partial charge in [-0.1, -0.05) is 48.0 Å². The first-order valence-electron chi connectivity index (χ1n) is 7.44. The summed E-state index contributed by atoms with van der Waals surface area (Å²) in [5.74, 6) is -0.946. The van der Waals surface area contributed by atoms with Crippen molar-refractivity contribution in [2.75, 3.05) is 5.88 Å². The zero-order valence-corrected chi connectivity index (χ0v) is 14.4. The normalized spacial score (nSPS) is 10.6. The van der Waals surface area contributed by atoms with Crippen molar-refractivity contribution in [2.24, 2.45) is 0 Å². The first kappa shape index (κ1) is 17.7. The van der Waals surface area contributed by atoms with Crippen LogP contribution in [0, 0.1) is 6.92 Å². The number of amides is 1. The van der Waals surface area contributed by atoms with Crippen molar-refractivity contribution in [2.45, 2.75) is 18.7 Å². The minimum atomic E-state index is -3.55. The number of sulfone groups is 1. The molecule has 0 aromatic heterocycles. The maximum Gasteiger partial charge on any atom is 0.252 e. The van der Waals surface area contributed by atoms with Gasteiger partial charge in [0.05, 0.1) is 4.90 Å². The second-order valence-corrected chi connectivity index (χ2v) is 7.38. The molecular formula is C19H19NO3S. The molecule has 0 aliphatic carbocycles. The van der Waals surface area contributed by atoms with Gasteiger partial charge in [-0.3, -0.25) is 4.79 Å². The lowest BCUT2D eigenvalue weighted by molar-refractivity contribution is -0.116. The number of nitrogens with one attached hydrogen (secondary N) is 1. The summed E-state index contributed by atoms with van der Waals surface area (Å²) in [6.45, 7) is 3.71. The van der Waals surface area contributed by atoms with Gasteiger partial charge in [-0.05, 0) is 37.1 Å². The maximum atomic E-state index is 12.2. The van der Waals surface area contributed by atoms with E-state index >= 15 is 0 Å². The van der Waals surface area contributed by atoms with Crippen molar-refractivity contribution in [1.82, 2.24) is 5.32 Å². The first-order chi connectivity index (χ1) is 11.4. The van der Waals surface area contributed by atoms with Crippen LogP contribution in [0.4, 0.5) is 0 Å². The molecular weight excluding hydrogens is 322 g/mol. The quantitative estimate of drug-likeness (QED) is 0.671. The van der Waals surface area contributed by atoms with Gasteiger partial charge in [-0.15, -0.1) is 5.73 Å². The summed E-state index contributed by atoms with van der Waals surface area (Å²) >= 11 is 0. The van der Waals surface area contributed by atoms with E-state index in [4.69, 9.17) is 0 Å². The molecule has 0 bridgehead atoms. The van der Waals surface area contributed by atoms with Crippen molar-refractivity contribution in [3.05, 3.63) is 77.5 Å². The fraction of sp³-hybridized carbons (Fsp3) is 0.158. The molecule has 0 fully saturated rings. The summed E-state index contributed by atoms with van der Waals surface area (Å²) in [7, 11) is -3.55. The Morgan fingerprint density at radius 1 is 1.08 bits per heavy atom. The first-order valence-corrected chi connectivity index (χ1v) is 9.10. The van der Waals surface area contributed by atoms with E-state index in [1.165, 1.54) is 18.2 Å². The number of aryl methyl sites for hydroxylation is 1. The number of hydrogen-bond donors (Lipinski definition) is 1. The van der Waals surface area contributed by atoms with Crippen molar-refractivity contribution in [3.8, 4) is 0 Å². The molecule has 0 heterocycles. The summed E-state index contributed by atoms with van der Waals surface area (Å²) < 4.78 is 24.3. The van der Waals surface area contributed by atoms with Crippen LogP contribution in [0.1, 0.15) is 18.1 Å². The predicted molar refractivity (Wildman–Crippen MR) is 95.0 cm³/mol. The zero-order valence-electron chi connectivity index (χ0n) is 13.6. The average Bonchev–Trinajstić information content (AvgIpc) is 2.59. The Bertz CT molecular complexity index is 876. The van der Waals surface area contributed by atoms with Gasteiger partial charge >= 0.3 is 0 Å². The molecule has 1 amide bonds. The molecule has 4 nitrogen and oxygen atoms in total. The highest BCUT2D eigenvalue weighted by Crippen LogP contribution is 2.12. The molecule has 2 rings (SSSR count). The van der Waals surface area contributed by atoms with Crippen molar-refractivity contribution < 1.29 is 13.2 Å². The Hall–Kier alpha value is -2.62. The van der Waals surface area contributed by atoms with Gasteiger partial charge in [-0.25, -0.2) is 8.42 Å². The molecule has 2 aromatic carbocycles. The molecule has 0 saturated heterocycles. The SMILES string of the molecule is CC(=C=CC(=O)NCS(=O)(=O)c1ccc(C)cc1)c1ccccc1. The predicted octanol–water partition coefficient (Wildman–Crippen LogP) is 3.10. The number of carbonyl (C=O) groups excluding carboxylic acids is 1. The van der Waals surface area contributed by atoms with E-state index in [1.54, 1.807) is 12.1 Å². The van der Waals surface area contributed by atoms with Crippen LogP contribution in [0.25, 0.3) is 5.57 Å². The molecule has 0 aliphatic heterocycles. The lowest BCUT2D eigenvalue weighted by atomic mass is 10.1. The molecule has 24 heavy (non-hydrogen) atoms. The van der Waals surface area contributed by atoms with Crippen LogP contribution in [-0.4, -0.2) is 20.2 Å². The van der Waals surface area contributed by atoms with Crippen LogP contribution in [0.5, 0.6) is 0 Å². The van der Waals surface area contributed by atoms with E-state index in [-0.39, 0.29) is 4.90 Å². The third kappa shape index (κ3) is 4.95. The topological polar surface area (TPSA) is 63.2 Å². The molecule has 0 saturated carbocycles. The van der Waals surface area contributed by atoms with Gasteiger partial charge in [0, 0.05) is 6.08 Å². The fourth-order valence-electron chi connectivity index (χ4n) is 1.99. The van der Waals surface area contributed by atoms with Gasteiger partial charge in [-0.2, -0.15) is 0 Å². The second kappa shape index (κ2) is 7.77. The number of carbonyl (C=O) groups is 1. The molecule has 5 heteroatoms. The van der Waals surface area contributed by atoms with Crippen LogP contribution in [0.2, 0.25) is 0 Å². The summed E-state index contributed by atoms with van der Waals surface area (Å²) in [6, 6.07) is 16.0. The minimum absolute atomic E-state index is 0.188. The monoisotopic (exact) mass is 341 g/mol. The summed E-state index contributed by atoms with van der Waals surface area (Å²) in [5.41, 5.74) is 5.59. The Kier molecular flexibility index (Phi) is 5.74. The molecule has 1 N–H and O–H groups in total. The van der Waals surface area contributed by atoms with Crippen molar-refractivity contribution in [3.63, 3.8) is 0 Å². The standard InChI is InChI=1S/C19H19NO3S/c1-15-8-11-18(12-9-15)24(22,23)14-20-19(21)13-10-16(2)17-6-4-3-5-7-17/h3-9,11-13H,14H2,1-2H3,(H,20,21). The van der Waals surface area contributed by atoms with Gasteiger partial charge in [0.25, 0.3) is 5.91 Å². The van der Waals surface area contributed by atoms with E-state index in [0.29, 0.717) is 0 Å². The number of hydrogen-bond acceptors (Lipinski definition) is 3. The highest BCUT2D eigenvalue weighted by molar-refractivity contribution is 7.91. The Morgan fingerprint density at radius 2 is 1.71 bits per heavy atom. The highest BCUT2D eigenvalue weighted by Gasteiger charge is 2.14. The van der Waals surface area contributed by atoms with Gasteiger partial charge in [0.1, 0.15) is 5.88 Å². The molecule has 0 radical (unpaired) electrons.